The smallest absolute Gasteiger partial charge is 0.293 e. The number of rotatable bonds is 1. The van der Waals surface area contributed by atoms with Crippen molar-refractivity contribution < 1.29 is 4.79 Å². The van der Waals surface area contributed by atoms with Crippen LogP contribution in [0.4, 0.5) is 0 Å². The van der Waals surface area contributed by atoms with Crippen molar-refractivity contribution in [3.05, 3.63) is 12.2 Å². The second-order valence-corrected chi connectivity index (χ2v) is 6.14. The Morgan fingerprint density at radius 3 is 2.50 bits per heavy atom. The van der Waals surface area contributed by atoms with E-state index in [-0.39, 0.29) is 5.91 Å². The maximum Gasteiger partial charge on any atom is 0.293 e. The van der Waals surface area contributed by atoms with E-state index in [2.05, 4.69) is 22.0 Å². The minimum absolute atomic E-state index is 0.0288. The summed E-state index contributed by atoms with van der Waals surface area (Å²) in [5, 5.41) is 4.11. The van der Waals surface area contributed by atoms with E-state index >= 15 is 0 Å². The van der Waals surface area contributed by atoms with Gasteiger partial charge in [0.2, 0.25) is 5.82 Å². The van der Waals surface area contributed by atoms with Crippen molar-refractivity contribution in [1.29, 1.82) is 0 Å². The molecule has 3 rings (SSSR count). The molecule has 1 amide bonds. The standard InChI is InChI=1S/C14H23N5O/c1-17-8-4-3-5-14(17)6-9-19(10-7-14)13(20)12-15-11-18(2)16-12/h11H,3-10H2,1-2H3. The summed E-state index contributed by atoms with van der Waals surface area (Å²) in [6.07, 6.45) is 7.62. The highest BCUT2D eigenvalue weighted by atomic mass is 16.2. The first-order valence-electron chi connectivity index (χ1n) is 7.47. The fraction of sp³-hybridized carbons (Fsp3) is 0.786. The zero-order valence-corrected chi connectivity index (χ0v) is 12.4. The maximum absolute atomic E-state index is 12.3. The Morgan fingerprint density at radius 2 is 1.90 bits per heavy atom. The van der Waals surface area contributed by atoms with Crippen molar-refractivity contribution in [2.45, 2.75) is 37.6 Å². The van der Waals surface area contributed by atoms with E-state index in [1.165, 1.54) is 25.8 Å². The number of hydrogen-bond acceptors (Lipinski definition) is 4. The van der Waals surface area contributed by atoms with Crippen LogP contribution in [0.1, 0.15) is 42.7 Å². The van der Waals surface area contributed by atoms with E-state index in [4.69, 9.17) is 0 Å². The summed E-state index contributed by atoms with van der Waals surface area (Å²) in [7, 11) is 4.02. The first-order valence-corrected chi connectivity index (χ1v) is 7.47. The van der Waals surface area contributed by atoms with Crippen molar-refractivity contribution in [2.75, 3.05) is 26.7 Å². The van der Waals surface area contributed by atoms with Crippen LogP contribution in [0.25, 0.3) is 0 Å². The summed E-state index contributed by atoms with van der Waals surface area (Å²) in [6, 6.07) is 0. The SMILES string of the molecule is CN1CCCCC12CCN(C(=O)c1ncn(C)n1)CC2. The van der Waals surface area contributed by atoms with Crippen LogP contribution in [-0.4, -0.2) is 62.7 Å². The van der Waals surface area contributed by atoms with Gasteiger partial charge in [-0.05, 0) is 39.3 Å². The molecular weight excluding hydrogens is 254 g/mol. The Labute approximate surface area is 119 Å². The Bertz CT molecular complexity index is 490. The predicted molar refractivity (Wildman–Crippen MR) is 75.4 cm³/mol. The van der Waals surface area contributed by atoms with Gasteiger partial charge in [-0.1, -0.05) is 6.42 Å². The number of nitrogens with zero attached hydrogens (tertiary/aromatic N) is 5. The van der Waals surface area contributed by atoms with Gasteiger partial charge in [0.25, 0.3) is 5.91 Å². The molecule has 0 aromatic carbocycles. The first kappa shape index (κ1) is 13.5. The van der Waals surface area contributed by atoms with Gasteiger partial charge in [-0.2, -0.15) is 0 Å². The van der Waals surface area contributed by atoms with Gasteiger partial charge in [-0.15, -0.1) is 5.10 Å². The first-order chi connectivity index (χ1) is 9.61. The molecule has 0 radical (unpaired) electrons. The lowest BCUT2D eigenvalue weighted by Crippen LogP contribution is -2.56. The molecule has 0 bridgehead atoms. The van der Waals surface area contributed by atoms with Crippen molar-refractivity contribution in [3.8, 4) is 0 Å². The van der Waals surface area contributed by atoms with Crippen molar-refractivity contribution in [2.24, 2.45) is 7.05 Å². The molecule has 0 saturated carbocycles. The fourth-order valence-corrected chi connectivity index (χ4v) is 3.57. The molecule has 1 aromatic heterocycles. The Balaban J connectivity index is 1.65. The summed E-state index contributed by atoms with van der Waals surface area (Å²) in [5.41, 5.74) is 0.326. The van der Waals surface area contributed by atoms with Gasteiger partial charge in [0.15, 0.2) is 0 Å². The van der Waals surface area contributed by atoms with Gasteiger partial charge in [-0.25, -0.2) is 4.98 Å². The lowest BCUT2D eigenvalue weighted by molar-refractivity contribution is 0.0107. The topological polar surface area (TPSA) is 54.3 Å². The molecule has 2 saturated heterocycles. The predicted octanol–water partition coefficient (Wildman–Crippen LogP) is 0.906. The molecule has 20 heavy (non-hydrogen) atoms. The molecule has 1 spiro atoms. The molecule has 0 unspecified atom stereocenters. The van der Waals surface area contributed by atoms with Gasteiger partial charge >= 0.3 is 0 Å². The second-order valence-electron chi connectivity index (χ2n) is 6.14. The molecule has 1 aromatic rings. The summed E-state index contributed by atoms with van der Waals surface area (Å²) in [4.78, 5) is 20.8. The molecule has 0 N–H and O–H groups in total. The quantitative estimate of drug-likeness (QED) is 0.765. The molecule has 0 atom stereocenters. The third-order valence-electron chi connectivity index (χ3n) is 4.97. The van der Waals surface area contributed by atoms with E-state index in [0.29, 0.717) is 11.4 Å². The third-order valence-corrected chi connectivity index (χ3v) is 4.97. The minimum atomic E-state index is -0.0288. The molecule has 2 aliphatic heterocycles. The average Bonchev–Trinajstić information content (AvgIpc) is 2.89. The lowest BCUT2D eigenvalue weighted by atomic mass is 9.79. The number of aryl methyl sites for hydroxylation is 1. The van der Waals surface area contributed by atoms with Gasteiger partial charge in [0.05, 0.1) is 0 Å². The maximum atomic E-state index is 12.3. The number of carbonyl (C=O) groups excluding carboxylic acids is 1. The molecule has 6 nitrogen and oxygen atoms in total. The number of amides is 1. The number of aromatic nitrogens is 3. The number of piperidine rings is 2. The highest BCUT2D eigenvalue weighted by Crippen LogP contribution is 2.36. The Hall–Kier alpha value is -1.43. The van der Waals surface area contributed by atoms with Gasteiger partial charge in [0.1, 0.15) is 6.33 Å². The minimum Gasteiger partial charge on any atom is -0.336 e. The second kappa shape index (κ2) is 5.16. The molecule has 0 aliphatic carbocycles. The lowest BCUT2D eigenvalue weighted by Gasteiger charge is -2.50. The zero-order chi connectivity index (χ0) is 14.2. The van der Waals surface area contributed by atoms with Gasteiger partial charge in [-0.3, -0.25) is 9.48 Å². The van der Waals surface area contributed by atoms with Crippen LogP contribution >= 0.6 is 0 Å². The van der Waals surface area contributed by atoms with Crippen molar-refractivity contribution >= 4 is 5.91 Å². The molecule has 2 aliphatic rings. The normalized spacial score (nSPS) is 23.2. The molecule has 110 valence electrons. The van der Waals surface area contributed by atoms with E-state index in [0.717, 1.165) is 25.9 Å². The summed E-state index contributed by atoms with van der Waals surface area (Å²) in [5.74, 6) is 0.291. The molecule has 2 fully saturated rings. The van der Waals surface area contributed by atoms with Crippen LogP contribution in [-0.2, 0) is 7.05 Å². The van der Waals surface area contributed by atoms with E-state index in [9.17, 15) is 4.79 Å². The van der Waals surface area contributed by atoms with Crippen LogP contribution in [0.2, 0.25) is 0 Å². The van der Waals surface area contributed by atoms with Crippen LogP contribution < -0.4 is 0 Å². The summed E-state index contributed by atoms with van der Waals surface area (Å²) in [6.45, 7) is 2.83. The van der Waals surface area contributed by atoms with Crippen LogP contribution in [0.5, 0.6) is 0 Å². The third kappa shape index (κ3) is 2.32. The summed E-state index contributed by atoms with van der Waals surface area (Å²) >= 11 is 0. The molecule has 3 heterocycles. The molecule has 6 heteroatoms. The van der Waals surface area contributed by atoms with Gasteiger partial charge < -0.3 is 9.80 Å². The Morgan fingerprint density at radius 1 is 1.15 bits per heavy atom. The Kier molecular flexibility index (Phi) is 3.50. The molecular formula is C14H23N5O. The van der Waals surface area contributed by atoms with E-state index in [1.54, 1.807) is 18.1 Å². The van der Waals surface area contributed by atoms with Crippen LogP contribution in [0.3, 0.4) is 0 Å². The number of hydrogen-bond donors (Lipinski definition) is 0. The number of likely N-dealkylation sites (tertiary alicyclic amines) is 2. The van der Waals surface area contributed by atoms with Crippen LogP contribution in [0, 0.1) is 0 Å². The fourth-order valence-electron chi connectivity index (χ4n) is 3.57. The number of carbonyl (C=O) groups is 1. The monoisotopic (exact) mass is 277 g/mol. The zero-order valence-electron chi connectivity index (χ0n) is 12.4. The van der Waals surface area contributed by atoms with E-state index in [1.807, 2.05) is 4.90 Å². The van der Waals surface area contributed by atoms with Crippen molar-refractivity contribution in [3.63, 3.8) is 0 Å². The highest BCUT2D eigenvalue weighted by Gasteiger charge is 2.40. The van der Waals surface area contributed by atoms with Crippen molar-refractivity contribution in [1.82, 2.24) is 24.6 Å². The average molecular weight is 277 g/mol. The van der Waals surface area contributed by atoms with Gasteiger partial charge in [0, 0.05) is 25.7 Å². The van der Waals surface area contributed by atoms with Crippen LogP contribution in [0.15, 0.2) is 6.33 Å². The summed E-state index contributed by atoms with van der Waals surface area (Å²) < 4.78 is 1.58. The highest BCUT2D eigenvalue weighted by molar-refractivity contribution is 5.90. The largest absolute Gasteiger partial charge is 0.336 e. The van der Waals surface area contributed by atoms with E-state index < -0.39 is 0 Å².